The largest absolute Gasteiger partial charge is 0.382 e. The maximum Gasteiger partial charge on any atom is 0.158 e. The van der Waals surface area contributed by atoms with Crippen LogP contribution in [0.25, 0.3) is 0 Å². The summed E-state index contributed by atoms with van der Waals surface area (Å²) < 4.78 is 5.57. The standard InChI is InChI=1S/C11H17N5O/c1-7-6-17-8(2)5-16(7)11-9(10(12)13)14-3-4-15-11/h3-4,7-8H,5-6H2,1-2H3,(H3,12,13). The number of nitrogens with zero attached hydrogens (tertiary/aromatic N) is 3. The van der Waals surface area contributed by atoms with E-state index in [0.717, 1.165) is 6.54 Å². The van der Waals surface area contributed by atoms with Crippen molar-refractivity contribution in [1.82, 2.24) is 9.97 Å². The second-order valence-electron chi connectivity index (χ2n) is 4.29. The molecule has 0 aliphatic carbocycles. The molecule has 3 N–H and O–H groups in total. The van der Waals surface area contributed by atoms with E-state index >= 15 is 0 Å². The van der Waals surface area contributed by atoms with Gasteiger partial charge in [0, 0.05) is 18.9 Å². The Morgan fingerprint density at radius 1 is 1.47 bits per heavy atom. The monoisotopic (exact) mass is 235 g/mol. The second kappa shape index (κ2) is 4.67. The number of rotatable bonds is 2. The molecular weight excluding hydrogens is 218 g/mol. The van der Waals surface area contributed by atoms with Crippen molar-refractivity contribution in [2.75, 3.05) is 18.1 Å². The lowest BCUT2D eigenvalue weighted by atomic mass is 10.2. The first kappa shape index (κ1) is 11.8. The molecule has 0 aromatic carbocycles. The fraction of sp³-hybridized carbons (Fsp3) is 0.545. The molecule has 0 amide bonds. The van der Waals surface area contributed by atoms with E-state index in [4.69, 9.17) is 15.9 Å². The summed E-state index contributed by atoms with van der Waals surface area (Å²) in [4.78, 5) is 10.5. The van der Waals surface area contributed by atoms with Gasteiger partial charge in [-0.15, -0.1) is 0 Å². The average molecular weight is 235 g/mol. The molecule has 0 radical (unpaired) electrons. The molecule has 0 saturated carbocycles. The van der Waals surface area contributed by atoms with Crippen LogP contribution in [-0.4, -0.2) is 41.1 Å². The highest BCUT2D eigenvalue weighted by Crippen LogP contribution is 2.21. The Kier molecular flexibility index (Phi) is 3.23. The van der Waals surface area contributed by atoms with Gasteiger partial charge in [-0.3, -0.25) is 5.41 Å². The minimum absolute atomic E-state index is 0.0561. The van der Waals surface area contributed by atoms with E-state index in [1.165, 1.54) is 0 Å². The predicted octanol–water partition coefficient (Wildman–Crippen LogP) is 0.374. The van der Waals surface area contributed by atoms with Crippen molar-refractivity contribution in [1.29, 1.82) is 5.41 Å². The van der Waals surface area contributed by atoms with E-state index in [0.29, 0.717) is 18.1 Å². The zero-order chi connectivity index (χ0) is 12.4. The molecule has 6 nitrogen and oxygen atoms in total. The smallest absolute Gasteiger partial charge is 0.158 e. The summed E-state index contributed by atoms with van der Waals surface area (Å²) >= 11 is 0. The maximum absolute atomic E-state index is 7.53. The van der Waals surface area contributed by atoms with E-state index in [9.17, 15) is 0 Å². The summed E-state index contributed by atoms with van der Waals surface area (Å²) in [5, 5.41) is 7.53. The van der Waals surface area contributed by atoms with Gasteiger partial charge in [0.2, 0.25) is 0 Å². The molecule has 1 aromatic heterocycles. The van der Waals surface area contributed by atoms with Crippen LogP contribution in [0.1, 0.15) is 19.5 Å². The molecule has 2 atom stereocenters. The van der Waals surface area contributed by atoms with Crippen LogP contribution >= 0.6 is 0 Å². The molecule has 1 fully saturated rings. The summed E-state index contributed by atoms with van der Waals surface area (Å²) in [6.45, 7) is 5.46. The molecule has 0 spiro atoms. The topological polar surface area (TPSA) is 88.1 Å². The first-order valence-electron chi connectivity index (χ1n) is 5.63. The van der Waals surface area contributed by atoms with E-state index in [1.54, 1.807) is 12.4 Å². The van der Waals surface area contributed by atoms with Crippen LogP contribution in [0.2, 0.25) is 0 Å². The third-order valence-corrected chi connectivity index (χ3v) is 2.81. The van der Waals surface area contributed by atoms with Crippen molar-refractivity contribution in [3.63, 3.8) is 0 Å². The Bertz CT molecular complexity index is 422. The number of nitrogens with one attached hydrogen (secondary N) is 1. The van der Waals surface area contributed by atoms with Crippen LogP contribution < -0.4 is 10.6 Å². The molecule has 2 unspecified atom stereocenters. The van der Waals surface area contributed by atoms with Gasteiger partial charge in [-0.1, -0.05) is 0 Å². The Balaban J connectivity index is 2.35. The van der Waals surface area contributed by atoms with Crippen molar-refractivity contribution in [2.45, 2.75) is 26.0 Å². The fourth-order valence-corrected chi connectivity index (χ4v) is 1.93. The number of morpholine rings is 1. The number of amidine groups is 1. The Morgan fingerprint density at radius 3 is 2.88 bits per heavy atom. The van der Waals surface area contributed by atoms with E-state index in [1.807, 2.05) is 6.92 Å². The van der Waals surface area contributed by atoms with Crippen LogP contribution in [0.15, 0.2) is 12.4 Å². The summed E-state index contributed by atoms with van der Waals surface area (Å²) in [7, 11) is 0. The van der Waals surface area contributed by atoms with Gasteiger partial charge in [-0.25, -0.2) is 9.97 Å². The molecule has 2 rings (SSSR count). The van der Waals surface area contributed by atoms with E-state index < -0.39 is 0 Å². The molecule has 1 aromatic rings. The van der Waals surface area contributed by atoms with E-state index in [-0.39, 0.29) is 18.0 Å². The third kappa shape index (κ3) is 2.36. The first-order chi connectivity index (χ1) is 8.09. The highest BCUT2D eigenvalue weighted by atomic mass is 16.5. The number of nitrogens with two attached hydrogens (primary N) is 1. The van der Waals surface area contributed by atoms with Crippen molar-refractivity contribution in [3.8, 4) is 0 Å². The van der Waals surface area contributed by atoms with Crippen LogP contribution in [0.4, 0.5) is 5.82 Å². The maximum atomic E-state index is 7.53. The normalized spacial score (nSPS) is 24.7. The summed E-state index contributed by atoms with van der Waals surface area (Å²) in [6.07, 6.45) is 3.32. The lowest BCUT2D eigenvalue weighted by molar-refractivity contribution is 0.0340. The molecule has 17 heavy (non-hydrogen) atoms. The summed E-state index contributed by atoms with van der Waals surface area (Å²) in [6, 6.07) is 0.209. The van der Waals surface area contributed by atoms with Gasteiger partial charge in [-0.2, -0.15) is 0 Å². The number of anilines is 1. The van der Waals surface area contributed by atoms with Gasteiger partial charge >= 0.3 is 0 Å². The first-order valence-corrected chi connectivity index (χ1v) is 5.63. The van der Waals surface area contributed by atoms with E-state index in [2.05, 4.69) is 21.8 Å². The quantitative estimate of drug-likeness (QED) is 0.571. The Hall–Kier alpha value is -1.69. The van der Waals surface area contributed by atoms with Crippen LogP contribution in [0, 0.1) is 5.41 Å². The lowest BCUT2D eigenvalue weighted by Crippen LogP contribution is -2.48. The van der Waals surface area contributed by atoms with Gasteiger partial charge < -0.3 is 15.4 Å². The molecule has 2 heterocycles. The van der Waals surface area contributed by atoms with Gasteiger partial charge in [0.1, 0.15) is 11.5 Å². The molecule has 1 aliphatic rings. The fourth-order valence-electron chi connectivity index (χ4n) is 1.93. The van der Waals surface area contributed by atoms with Crippen LogP contribution in [0.5, 0.6) is 0 Å². The zero-order valence-electron chi connectivity index (χ0n) is 10.1. The molecular formula is C11H17N5O. The highest BCUT2D eigenvalue weighted by molar-refractivity contribution is 5.97. The number of hydrogen-bond acceptors (Lipinski definition) is 5. The minimum atomic E-state index is -0.0561. The number of hydrogen-bond donors (Lipinski definition) is 2. The van der Waals surface area contributed by atoms with Crippen molar-refractivity contribution >= 4 is 11.7 Å². The molecule has 1 saturated heterocycles. The molecule has 6 heteroatoms. The van der Waals surface area contributed by atoms with Crippen molar-refractivity contribution in [3.05, 3.63) is 18.1 Å². The number of nitrogen functional groups attached to an aromatic ring is 1. The molecule has 92 valence electrons. The Labute approximate surface area is 100 Å². The highest BCUT2D eigenvalue weighted by Gasteiger charge is 2.27. The predicted molar refractivity (Wildman–Crippen MR) is 65.3 cm³/mol. The minimum Gasteiger partial charge on any atom is -0.382 e. The third-order valence-electron chi connectivity index (χ3n) is 2.81. The lowest BCUT2D eigenvalue weighted by Gasteiger charge is -2.38. The number of ether oxygens (including phenoxy) is 1. The van der Waals surface area contributed by atoms with Crippen molar-refractivity contribution < 1.29 is 4.74 Å². The van der Waals surface area contributed by atoms with Crippen LogP contribution in [0.3, 0.4) is 0 Å². The second-order valence-corrected chi connectivity index (χ2v) is 4.29. The average Bonchev–Trinajstić information content (AvgIpc) is 2.32. The Morgan fingerprint density at radius 2 is 2.18 bits per heavy atom. The van der Waals surface area contributed by atoms with Crippen molar-refractivity contribution in [2.24, 2.45) is 5.73 Å². The van der Waals surface area contributed by atoms with Gasteiger partial charge in [0.15, 0.2) is 5.82 Å². The summed E-state index contributed by atoms with van der Waals surface area (Å²) in [5.74, 6) is 0.613. The molecule has 1 aliphatic heterocycles. The van der Waals surface area contributed by atoms with Crippen LogP contribution in [-0.2, 0) is 4.74 Å². The van der Waals surface area contributed by atoms with Gasteiger partial charge in [0.25, 0.3) is 0 Å². The number of aromatic nitrogens is 2. The SMILES string of the molecule is CC1CN(c2nccnc2C(=N)N)C(C)CO1. The molecule has 0 bridgehead atoms. The van der Waals surface area contributed by atoms with Gasteiger partial charge in [-0.05, 0) is 13.8 Å². The summed E-state index contributed by atoms with van der Waals surface area (Å²) in [5.41, 5.74) is 5.96. The zero-order valence-corrected chi connectivity index (χ0v) is 10.1. The van der Waals surface area contributed by atoms with Gasteiger partial charge in [0.05, 0.1) is 18.8 Å².